The number of hydrazine groups is 1. The van der Waals surface area contributed by atoms with Crippen LogP contribution in [0.4, 0.5) is 0 Å². The van der Waals surface area contributed by atoms with E-state index < -0.39 is 0 Å². The lowest BCUT2D eigenvalue weighted by atomic mass is 9.95. The van der Waals surface area contributed by atoms with Gasteiger partial charge in [0, 0.05) is 24.5 Å². The monoisotopic (exact) mass is 427 g/mol. The molecular formula is C23H23N8O+. The number of nitrogens with zero attached hydrogens (tertiary/aromatic N) is 7. The second-order valence-electron chi connectivity index (χ2n) is 7.79. The molecule has 2 aromatic carbocycles. The first kappa shape index (κ1) is 19.9. The van der Waals surface area contributed by atoms with Gasteiger partial charge >= 0.3 is 6.67 Å². The fraction of sp³-hybridized carbons (Fsp3) is 0.261. The van der Waals surface area contributed by atoms with Crippen LogP contribution in [0, 0.1) is 4.91 Å². The molecule has 0 atom stereocenters. The van der Waals surface area contributed by atoms with Gasteiger partial charge in [-0.15, -0.1) is 5.10 Å². The molecule has 160 valence electrons. The lowest BCUT2D eigenvalue weighted by molar-refractivity contribution is -0.651. The first-order valence-corrected chi connectivity index (χ1v) is 10.6. The van der Waals surface area contributed by atoms with Crippen molar-refractivity contribution in [2.24, 2.45) is 9.98 Å². The molecule has 0 saturated carbocycles. The number of benzene rings is 2. The largest absolute Gasteiger partial charge is 0.319 e. The molecule has 0 aliphatic carbocycles. The van der Waals surface area contributed by atoms with Crippen LogP contribution >= 0.6 is 0 Å². The number of allylic oxidation sites excluding steroid dienone is 1. The average Bonchev–Trinajstić information content (AvgIpc) is 3.48. The van der Waals surface area contributed by atoms with Gasteiger partial charge in [-0.2, -0.15) is 4.99 Å². The summed E-state index contributed by atoms with van der Waals surface area (Å²) < 4.78 is 0. The molecule has 0 saturated heterocycles. The summed E-state index contributed by atoms with van der Waals surface area (Å²) in [5, 5.41) is 15.9. The molecule has 0 radical (unpaired) electrons. The Kier molecular flexibility index (Phi) is 5.14. The molecule has 1 aromatic heterocycles. The highest BCUT2D eigenvalue weighted by atomic mass is 16.3. The number of rotatable bonds is 6. The Hall–Kier alpha value is -4.01. The number of aromatic amines is 1. The lowest BCUT2D eigenvalue weighted by Crippen LogP contribution is -2.41. The van der Waals surface area contributed by atoms with Crippen molar-refractivity contribution in [1.82, 2.24) is 25.6 Å². The van der Waals surface area contributed by atoms with Crippen LogP contribution < -0.4 is 0 Å². The average molecular weight is 427 g/mol. The maximum atomic E-state index is 12.2. The van der Waals surface area contributed by atoms with E-state index in [1.165, 1.54) is 0 Å². The van der Waals surface area contributed by atoms with Crippen LogP contribution in [0.25, 0.3) is 22.5 Å². The van der Waals surface area contributed by atoms with E-state index in [2.05, 4.69) is 62.9 Å². The first-order valence-electron chi connectivity index (χ1n) is 10.6. The highest BCUT2D eigenvalue weighted by molar-refractivity contribution is 6.10. The van der Waals surface area contributed by atoms with E-state index in [1.54, 1.807) is 5.01 Å². The summed E-state index contributed by atoms with van der Waals surface area (Å²) in [6, 6.07) is 16.5. The Bertz CT molecular complexity index is 1260. The zero-order chi connectivity index (χ0) is 22.1. The van der Waals surface area contributed by atoms with E-state index in [0.29, 0.717) is 18.1 Å². The third kappa shape index (κ3) is 3.51. The summed E-state index contributed by atoms with van der Waals surface area (Å²) in [6.45, 7) is 4.10. The predicted octanol–water partition coefficient (Wildman–Crippen LogP) is 3.93. The normalized spacial score (nSPS) is 15.7. The van der Waals surface area contributed by atoms with E-state index >= 15 is 0 Å². The lowest BCUT2D eigenvalue weighted by Gasteiger charge is -2.21. The van der Waals surface area contributed by atoms with Crippen LogP contribution in [0.15, 0.2) is 69.8 Å². The van der Waals surface area contributed by atoms with Crippen LogP contribution in [0.1, 0.15) is 32.3 Å². The molecule has 32 heavy (non-hydrogen) atoms. The van der Waals surface area contributed by atoms with Crippen molar-refractivity contribution in [3.05, 3.63) is 70.3 Å². The molecular weight excluding hydrogens is 404 g/mol. The van der Waals surface area contributed by atoms with Crippen molar-refractivity contribution in [2.45, 2.75) is 33.1 Å². The van der Waals surface area contributed by atoms with Crippen molar-refractivity contribution >= 4 is 11.7 Å². The summed E-state index contributed by atoms with van der Waals surface area (Å²) >= 11 is 0. The zero-order valence-corrected chi connectivity index (χ0v) is 18.0. The molecule has 0 amide bonds. The van der Waals surface area contributed by atoms with Gasteiger partial charge in [-0.25, -0.2) is 10.1 Å². The number of amidine groups is 2. The van der Waals surface area contributed by atoms with Crippen LogP contribution in [0.3, 0.4) is 0 Å². The van der Waals surface area contributed by atoms with E-state index in [4.69, 9.17) is 4.99 Å². The van der Waals surface area contributed by atoms with E-state index in [0.717, 1.165) is 57.1 Å². The maximum Gasteiger partial charge on any atom is 0.319 e. The van der Waals surface area contributed by atoms with Gasteiger partial charge in [-0.3, -0.25) is 0 Å². The highest BCUT2D eigenvalue weighted by Crippen LogP contribution is 2.31. The number of fused-ring (bicyclic) bond motifs is 1. The molecule has 0 fully saturated rings. The van der Waals surface area contributed by atoms with E-state index in [9.17, 15) is 4.91 Å². The minimum Gasteiger partial charge on any atom is -0.239 e. The van der Waals surface area contributed by atoms with Crippen molar-refractivity contribution < 1.29 is 4.87 Å². The highest BCUT2D eigenvalue weighted by Gasteiger charge is 2.41. The molecule has 1 N–H and O–H groups in total. The van der Waals surface area contributed by atoms with Crippen molar-refractivity contribution in [1.29, 1.82) is 0 Å². The minimum atomic E-state index is 0.108. The van der Waals surface area contributed by atoms with Gasteiger partial charge in [0.15, 0.2) is 16.5 Å². The topological polar surface area (TPSA) is 102 Å². The van der Waals surface area contributed by atoms with Crippen LogP contribution in [-0.2, 0) is 6.42 Å². The minimum absolute atomic E-state index is 0.108. The second kappa shape index (κ2) is 8.26. The number of hydrogen-bond donors (Lipinski definition) is 1. The molecule has 2 aliphatic rings. The fourth-order valence-electron chi connectivity index (χ4n) is 4.19. The smallest absolute Gasteiger partial charge is 0.239 e. The van der Waals surface area contributed by atoms with Crippen molar-refractivity contribution in [3.8, 4) is 22.5 Å². The Morgan fingerprint density at radius 1 is 1.09 bits per heavy atom. The molecule has 0 spiro atoms. The maximum absolute atomic E-state index is 12.2. The molecule has 0 unspecified atom stereocenters. The third-order valence-corrected chi connectivity index (χ3v) is 5.65. The number of aliphatic imine (C=N–C) groups is 2. The third-order valence-electron chi connectivity index (χ3n) is 5.65. The van der Waals surface area contributed by atoms with Gasteiger partial charge in [0.2, 0.25) is 5.84 Å². The number of nitroso groups, excluding NO2 is 1. The number of tetrazole rings is 1. The van der Waals surface area contributed by atoms with Crippen LogP contribution in [-0.4, -0.2) is 48.8 Å². The SMILES string of the molecule is CCCC1=C(Cc2ccc(-c3ccccc3-c3nnn[nH]3)cc2)C2=NC[N+](=O)N2C(C)=N1. The molecule has 3 heterocycles. The van der Waals surface area contributed by atoms with Gasteiger partial charge in [-0.1, -0.05) is 61.9 Å². The summed E-state index contributed by atoms with van der Waals surface area (Å²) in [6.07, 6.45) is 2.51. The Balaban J connectivity index is 1.47. The second-order valence-corrected chi connectivity index (χ2v) is 7.79. The zero-order valence-electron chi connectivity index (χ0n) is 18.0. The van der Waals surface area contributed by atoms with Crippen molar-refractivity contribution in [2.75, 3.05) is 6.67 Å². The van der Waals surface area contributed by atoms with Gasteiger partial charge in [0.05, 0.1) is 10.6 Å². The first-order chi connectivity index (χ1) is 15.7. The van der Waals surface area contributed by atoms with Gasteiger partial charge in [0.1, 0.15) is 0 Å². The summed E-state index contributed by atoms with van der Waals surface area (Å²) in [7, 11) is 0. The number of nitrogens with one attached hydrogen (secondary N) is 1. The van der Waals surface area contributed by atoms with Gasteiger partial charge < -0.3 is 0 Å². The number of aromatic nitrogens is 4. The Morgan fingerprint density at radius 2 is 1.88 bits per heavy atom. The quantitative estimate of drug-likeness (QED) is 0.601. The molecule has 0 bridgehead atoms. The molecule has 3 aromatic rings. The van der Waals surface area contributed by atoms with Crippen LogP contribution in [0.5, 0.6) is 0 Å². The van der Waals surface area contributed by atoms with E-state index in [-0.39, 0.29) is 6.67 Å². The predicted molar refractivity (Wildman–Crippen MR) is 122 cm³/mol. The van der Waals surface area contributed by atoms with Crippen molar-refractivity contribution in [3.63, 3.8) is 0 Å². The molecule has 5 rings (SSSR count). The molecule has 9 nitrogen and oxygen atoms in total. The standard InChI is InChI=1S/C23H23N8O/c1-3-6-21-20(23-24-14-30(32)31(23)15(2)25-21)13-16-9-11-17(12-10-16)18-7-4-5-8-19(18)22-26-28-29-27-22/h4-5,7-12H,3,6,13-14H2,1-2H3,(H,26,27,28,29)/q+1. The molecule has 2 aliphatic heterocycles. The Labute approximate surface area is 185 Å². The fourth-order valence-corrected chi connectivity index (χ4v) is 4.19. The summed E-state index contributed by atoms with van der Waals surface area (Å²) in [5.41, 5.74) is 6.25. The number of hydrogen-bond acceptors (Lipinski definition) is 6. The Morgan fingerprint density at radius 3 is 2.59 bits per heavy atom. The summed E-state index contributed by atoms with van der Waals surface area (Å²) in [4.78, 5) is 22.3. The van der Waals surface area contributed by atoms with Gasteiger partial charge in [-0.05, 0) is 38.5 Å². The van der Waals surface area contributed by atoms with Gasteiger partial charge in [0.25, 0.3) is 0 Å². The van der Waals surface area contributed by atoms with E-state index in [1.807, 2.05) is 25.1 Å². The van der Waals surface area contributed by atoms with Crippen LogP contribution in [0.2, 0.25) is 0 Å². The molecule has 9 heteroatoms. The number of H-pyrrole nitrogens is 1. The summed E-state index contributed by atoms with van der Waals surface area (Å²) in [5.74, 6) is 2.04.